The SMILES string of the molecule is CCCCCCCCCCCCc1ccc(C2(c3ccc(CCCCCCCCCCCC)cc3)c3cc4c(cc3-c3sc(C)cc32)C(c2ccc(CCCCCCCCCCCC)cc2)(c2ccc(CCCCCCCCCCCC)cc2)c2cc(-c3cc5sc(C)cc5s3)sc2-4)cc1. The van der Waals surface area contributed by atoms with Gasteiger partial charge in [0.1, 0.15) is 0 Å². The molecule has 0 unspecified atom stereocenters. The number of aryl methyl sites for hydroxylation is 6. The van der Waals surface area contributed by atoms with Crippen molar-refractivity contribution < 1.29 is 0 Å². The average Bonchev–Trinajstić information content (AvgIpc) is 1.50. The van der Waals surface area contributed by atoms with Crippen LogP contribution in [-0.4, -0.2) is 0 Å². The molecule has 0 saturated carbocycles. The molecule has 11 rings (SSSR count). The van der Waals surface area contributed by atoms with Gasteiger partial charge in [0.15, 0.2) is 0 Å². The summed E-state index contributed by atoms with van der Waals surface area (Å²) < 4.78 is 2.84. The van der Waals surface area contributed by atoms with Crippen LogP contribution in [0.4, 0.5) is 0 Å². The van der Waals surface area contributed by atoms with Crippen molar-refractivity contribution in [3.05, 3.63) is 210 Å². The lowest BCUT2D eigenvalue weighted by Gasteiger charge is -2.35. The van der Waals surface area contributed by atoms with Crippen molar-refractivity contribution >= 4 is 54.7 Å². The summed E-state index contributed by atoms with van der Waals surface area (Å²) in [5, 5.41) is 0. The summed E-state index contributed by atoms with van der Waals surface area (Å²) in [4.78, 5) is 8.50. The van der Waals surface area contributed by atoms with E-state index in [1.807, 2.05) is 34.0 Å². The van der Waals surface area contributed by atoms with Gasteiger partial charge in [-0.2, -0.15) is 0 Å². The van der Waals surface area contributed by atoms with E-state index in [4.69, 9.17) is 0 Å². The van der Waals surface area contributed by atoms with Crippen molar-refractivity contribution in [2.75, 3.05) is 0 Å². The van der Waals surface area contributed by atoms with Crippen molar-refractivity contribution in [3.8, 4) is 30.6 Å². The number of unbranched alkanes of at least 4 members (excludes halogenated alkanes) is 36. The molecule has 0 N–H and O–H groups in total. The zero-order valence-electron chi connectivity index (χ0n) is 63.4. The van der Waals surface area contributed by atoms with Gasteiger partial charge in [0, 0.05) is 38.7 Å². The van der Waals surface area contributed by atoms with Crippen LogP contribution in [0.3, 0.4) is 0 Å². The minimum Gasteiger partial charge on any atom is -0.140 e. The summed E-state index contributed by atoms with van der Waals surface area (Å²) in [6, 6.07) is 56.6. The third-order valence-corrected chi connectivity index (χ3v) is 27.9. The van der Waals surface area contributed by atoms with E-state index in [0.29, 0.717) is 0 Å². The maximum Gasteiger partial charge on any atom is 0.0722 e. The standard InChI is InChI=1S/C96H128S4/c1-7-11-15-19-23-27-31-35-39-43-47-75-51-59-79(60-52-75)95(80-61-53-76(54-62-80)48-44-40-36-32-28-24-20-16-12-8-2)85-70-84-86(69-83(85)93-87(95)67-73(5)98-93)96(88-71-90(100-94(84)88)92-72-91-89(99-92)68-74(6)97-91,81-63-55-77(56-64-81)49-45-41-37-33-29-25-21-17-13-9-3)82-65-57-78(58-66-82)50-46-42-38-34-30-26-22-18-14-10-4/h51-72H,7-50H2,1-6H3. The van der Waals surface area contributed by atoms with E-state index < -0.39 is 10.8 Å². The molecule has 0 radical (unpaired) electrons. The van der Waals surface area contributed by atoms with Gasteiger partial charge in [-0.25, -0.2) is 0 Å². The molecular formula is C96H128S4. The van der Waals surface area contributed by atoms with Crippen LogP contribution in [0.2, 0.25) is 0 Å². The Labute approximate surface area is 625 Å². The molecule has 9 aromatic rings. The smallest absolute Gasteiger partial charge is 0.0722 e. The molecule has 0 aliphatic heterocycles. The van der Waals surface area contributed by atoms with E-state index >= 15 is 0 Å². The third kappa shape index (κ3) is 19.2. The van der Waals surface area contributed by atoms with E-state index in [0.717, 1.165) is 25.7 Å². The molecule has 0 amide bonds. The molecule has 2 aliphatic carbocycles. The summed E-state index contributed by atoms with van der Waals surface area (Å²) in [6.07, 6.45) is 59.4. The average molecular weight is 1410 g/mol. The lowest BCUT2D eigenvalue weighted by atomic mass is 9.65. The Hall–Kier alpha value is -4.84. The van der Waals surface area contributed by atoms with Gasteiger partial charge in [-0.1, -0.05) is 356 Å². The first-order valence-corrected chi connectivity index (χ1v) is 44.9. The van der Waals surface area contributed by atoms with E-state index in [1.165, 1.54) is 373 Å². The van der Waals surface area contributed by atoms with Crippen LogP contribution >= 0.6 is 45.3 Å². The van der Waals surface area contributed by atoms with Crippen LogP contribution < -0.4 is 0 Å². The Kier molecular flexibility index (Phi) is 30.4. The minimum atomic E-state index is -0.519. The molecule has 0 atom stereocenters. The molecule has 0 bridgehead atoms. The highest BCUT2D eigenvalue weighted by Gasteiger charge is 2.53. The van der Waals surface area contributed by atoms with Gasteiger partial charge in [-0.05, 0) is 180 Å². The fourth-order valence-electron chi connectivity index (χ4n) is 17.5. The zero-order valence-corrected chi connectivity index (χ0v) is 66.7. The van der Waals surface area contributed by atoms with E-state index in [2.05, 4.69) is 186 Å². The third-order valence-electron chi connectivity index (χ3n) is 23.2. The quantitative estimate of drug-likeness (QED) is 0.0334. The molecule has 536 valence electrons. The molecule has 100 heavy (non-hydrogen) atoms. The lowest BCUT2D eigenvalue weighted by molar-refractivity contribution is 0.556. The van der Waals surface area contributed by atoms with Crippen LogP contribution in [0.1, 0.15) is 361 Å². The molecule has 4 heterocycles. The Morgan fingerprint density at radius 1 is 0.230 bits per heavy atom. The Morgan fingerprint density at radius 2 is 0.490 bits per heavy atom. The minimum absolute atomic E-state index is 0.482. The van der Waals surface area contributed by atoms with Gasteiger partial charge in [-0.3, -0.25) is 0 Å². The molecule has 0 nitrogen and oxygen atoms in total. The monoisotopic (exact) mass is 1410 g/mol. The zero-order chi connectivity index (χ0) is 69.2. The number of hydrogen-bond donors (Lipinski definition) is 0. The molecule has 0 saturated heterocycles. The Balaban J connectivity index is 0.975. The van der Waals surface area contributed by atoms with Crippen molar-refractivity contribution in [2.24, 2.45) is 0 Å². The van der Waals surface area contributed by atoms with Gasteiger partial charge in [0.25, 0.3) is 0 Å². The van der Waals surface area contributed by atoms with E-state index in [9.17, 15) is 0 Å². The topological polar surface area (TPSA) is 0 Å². The normalized spacial score (nSPS) is 13.4. The number of hydrogen-bond acceptors (Lipinski definition) is 4. The van der Waals surface area contributed by atoms with Crippen molar-refractivity contribution in [1.29, 1.82) is 0 Å². The number of fused-ring (bicyclic) bond motifs is 7. The van der Waals surface area contributed by atoms with Crippen molar-refractivity contribution in [2.45, 2.75) is 335 Å². The summed E-state index contributed by atoms with van der Waals surface area (Å²) in [5.41, 5.74) is 19.2. The van der Waals surface area contributed by atoms with Crippen molar-refractivity contribution in [1.82, 2.24) is 0 Å². The Bertz CT molecular complexity index is 3650. The van der Waals surface area contributed by atoms with Gasteiger partial charge in [0.2, 0.25) is 0 Å². The lowest BCUT2D eigenvalue weighted by Crippen LogP contribution is -2.30. The predicted molar refractivity (Wildman–Crippen MR) is 447 cm³/mol. The molecule has 4 aromatic heterocycles. The molecule has 4 heteroatoms. The summed E-state index contributed by atoms with van der Waals surface area (Å²) in [6.45, 7) is 13.9. The van der Waals surface area contributed by atoms with Crippen LogP contribution in [0.15, 0.2) is 133 Å². The van der Waals surface area contributed by atoms with Gasteiger partial charge >= 0.3 is 0 Å². The molecule has 0 spiro atoms. The predicted octanol–water partition coefficient (Wildman–Crippen LogP) is 31.9. The summed E-state index contributed by atoms with van der Waals surface area (Å²) in [7, 11) is 0. The second-order valence-electron chi connectivity index (χ2n) is 31.1. The number of benzene rings is 5. The largest absolute Gasteiger partial charge is 0.140 e. The number of rotatable bonds is 49. The van der Waals surface area contributed by atoms with Crippen molar-refractivity contribution in [3.63, 3.8) is 0 Å². The highest BCUT2D eigenvalue weighted by atomic mass is 32.1. The van der Waals surface area contributed by atoms with Gasteiger partial charge in [0.05, 0.1) is 10.8 Å². The first kappa shape index (κ1) is 76.3. The van der Waals surface area contributed by atoms with Crippen LogP contribution in [-0.2, 0) is 36.5 Å². The molecule has 5 aromatic carbocycles. The van der Waals surface area contributed by atoms with E-state index in [-0.39, 0.29) is 0 Å². The first-order chi connectivity index (χ1) is 49.3. The van der Waals surface area contributed by atoms with Crippen LogP contribution in [0.25, 0.3) is 40.0 Å². The second-order valence-corrected chi connectivity index (χ2v) is 35.8. The molecule has 2 aliphatic rings. The first-order valence-electron chi connectivity index (χ1n) is 41.6. The maximum absolute atomic E-state index is 2.78. The summed E-state index contributed by atoms with van der Waals surface area (Å²) >= 11 is 8.05. The molecule has 0 fully saturated rings. The maximum atomic E-state index is 2.78. The fourth-order valence-corrected chi connectivity index (χ4v) is 22.2. The highest BCUT2D eigenvalue weighted by molar-refractivity contribution is 7.31. The van der Waals surface area contributed by atoms with Gasteiger partial charge in [-0.15, -0.1) is 45.3 Å². The van der Waals surface area contributed by atoms with E-state index in [1.54, 1.807) is 0 Å². The molecular weight excluding hydrogens is 1280 g/mol. The van der Waals surface area contributed by atoms with Crippen LogP contribution in [0, 0.1) is 13.8 Å². The number of thiophene rings is 4. The fraction of sp³-hybridized carbons (Fsp3) is 0.542. The van der Waals surface area contributed by atoms with Gasteiger partial charge < -0.3 is 0 Å². The second kappa shape index (κ2) is 39.9. The van der Waals surface area contributed by atoms with Crippen LogP contribution in [0.5, 0.6) is 0 Å². The summed E-state index contributed by atoms with van der Waals surface area (Å²) in [5.74, 6) is 0. The highest BCUT2D eigenvalue weighted by Crippen LogP contribution is 2.66. The Morgan fingerprint density at radius 3 is 0.800 bits per heavy atom.